The van der Waals surface area contributed by atoms with Gasteiger partial charge in [-0.1, -0.05) is 42.5 Å². The number of methoxy groups -OCH3 is 1. The molecule has 0 fully saturated rings. The van der Waals surface area contributed by atoms with Crippen LogP contribution in [0.4, 0.5) is 0 Å². The predicted octanol–water partition coefficient (Wildman–Crippen LogP) is 4.50. The van der Waals surface area contributed by atoms with Crippen molar-refractivity contribution in [2.45, 2.75) is 6.92 Å². The topological polar surface area (TPSA) is 92.0 Å². The molecule has 0 bridgehead atoms. The Bertz CT molecular complexity index is 1450. The van der Waals surface area contributed by atoms with E-state index < -0.39 is 5.97 Å². The molecule has 0 radical (unpaired) electrons. The van der Waals surface area contributed by atoms with E-state index in [1.807, 2.05) is 42.5 Å². The van der Waals surface area contributed by atoms with Gasteiger partial charge < -0.3 is 14.2 Å². The minimum absolute atomic E-state index is 0.230. The van der Waals surface area contributed by atoms with Crippen LogP contribution in [0.2, 0.25) is 0 Å². The molecule has 1 heterocycles. The summed E-state index contributed by atoms with van der Waals surface area (Å²) in [5, 5.41) is 4.96. The summed E-state index contributed by atoms with van der Waals surface area (Å²) in [6.07, 6.45) is 1.56. The molecule has 0 aliphatic carbocycles. The van der Waals surface area contributed by atoms with Crippen molar-refractivity contribution in [2.24, 2.45) is 5.10 Å². The number of fused-ring (bicyclic) bond motifs is 1. The normalized spacial score (nSPS) is 11.1. The van der Waals surface area contributed by atoms with Crippen LogP contribution in [-0.4, -0.2) is 42.2 Å². The van der Waals surface area contributed by atoms with Crippen LogP contribution in [0.5, 0.6) is 11.5 Å². The van der Waals surface area contributed by atoms with Gasteiger partial charge in [-0.15, -0.1) is 0 Å². The molecule has 4 rings (SSSR count). The number of ether oxygens (including phenoxy) is 3. The highest BCUT2D eigenvalue weighted by molar-refractivity contribution is 14.1. The Labute approximate surface area is 215 Å². The second-order valence-electron chi connectivity index (χ2n) is 7.31. The molecule has 8 nitrogen and oxygen atoms in total. The minimum atomic E-state index is -0.465. The number of para-hydroxylation sites is 1. The molecule has 0 saturated carbocycles. The number of aromatic nitrogens is 2. The predicted molar refractivity (Wildman–Crippen MR) is 142 cm³/mol. The number of carbonyl (C=O) groups is 1. The van der Waals surface area contributed by atoms with Gasteiger partial charge in [-0.05, 0) is 59.3 Å². The highest BCUT2D eigenvalue weighted by Gasteiger charge is 2.15. The molecular weight excluding hydrogens is 561 g/mol. The average Bonchev–Trinajstić information content (AvgIpc) is 2.87. The Morgan fingerprint density at radius 2 is 1.86 bits per heavy atom. The fourth-order valence-electron chi connectivity index (χ4n) is 3.42. The van der Waals surface area contributed by atoms with Crippen LogP contribution >= 0.6 is 22.6 Å². The third-order valence-electron chi connectivity index (χ3n) is 5.00. The highest BCUT2D eigenvalue weighted by Crippen LogP contribution is 2.33. The number of halogens is 1. The summed E-state index contributed by atoms with van der Waals surface area (Å²) in [5.74, 6) is 0.817. The van der Waals surface area contributed by atoms with E-state index in [1.54, 1.807) is 37.4 Å². The van der Waals surface area contributed by atoms with Gasteiger partial charge in [-0.3, -0.25) is 4.79 Å². The van der Waals surface area contributed by atoms with Crippen molar-refractivity contribution in [3.05, 3.63) is 86.2 Å². The number of esters is 1. The van der Waals surface area contributed by atoms with Gasteiger partial charge in [-0.25, -0.2) is 9.78 Å². The first-order valence-electron chi connectivity index (χ1n) is 10.8. The van der Waals surface area contributed by atoms with E-state index in [0.717, 1.165) is 5.56 Å². The van der Waals surface area contributed by atoms with Crippen LogP contribution in [-0.2, 0) is 9.53 Å². The Balaban J connectivity index is 1.74. The second-order valence-corrected chi connectivity index (χ2v) is 8.47. The first-order valence-corrected chi connectivity index (χ1v) is 11.9. The Kier molecular flexibility index (Phi) is 7.76. The van der Waals surface area contributed by atoms with Crippen LogP contribution in [0.15, 0.2) is 76.6 Å². The lowest BCUT2D eigenvalue weighted by Crippen LogP contribution is -2.20. The molecule has 0 unspecified atom stereocenters. The lowest BCUT2D eigenvalue weighted by Gasteiger charge is -2.13. The van der Waals surface area contributed by atoms with E-state index in [2.05, 4.69) is 27.7 Å². The van der Waals surface area contributed by atoms with Gasteiger partial charge in [0.1, 0.15) is 0 Å². The molecule has 0 spiro atoms. The van der Waals surface area contributed by atoms with Crippen molar-refractivity contribution in [3.8, 4) is 22.9 Å². The average molecular weight is 583 g/mol. The lowest BCUT2D eigenvalue weighted by atomic mass is 10.2. The number of carbonyl (C=O) groups excluding carboxylic acids is 1. The van der Waals surface area contributed by atoms with Crippen LogP contribution in [0.3, 0.4) is 0 Å². The van der Waals surface area contributed by atoms with Crippen molar-refractivity contribution < 1.29 is 19.0 Å². The third-order valence-corrected chi connectivity index (χ3v) is 5.80. The van der Waals surface area contributed by atoms with E-state index in [1.165, 1.54) is 11.8 Å². The second kappa shape index (κ2) is 11.1. The number of rotatable bonds is 8. The van der Waals surface area contributed by atoms with Gasteiger partial charge >= 0.3 is 5.97 Å². The molecule has 1 aromatic heterocycles. The highest BCUT2D eigenvalue weighted by atomic mass is 127. The first-order chi connectivity index (χ1) is 17.0. The zero-order valence-corrected chi connectivity index (χ0v) is 21.3. The molecule has 3 aromatic carbocycles. The number of hydrogen-bond donors (Lipinski definition) is 0. The zero-order valence-electron chi connectivity index (χ0n) is 19.1. The monoisotopic (exact) mass is 583 g/mol. The Hall–Kier alpha value is -3.73. The van der Waals surface area contributed by atoms with Crippen LogP contribution in [0, 0.1) is 3.57 Å². The van der Waals surface area contributed by atoms with E-state index in [9.17, 15) is 9.59 Å². The standard InChI is InChI=1S/C26H22IN3O5/c1-3-34-23(31)16-35-24-20(27)13-17(14-22(24)33-2)15-28-30-25(18-9-5-4-6-10-18)29-21-12-8-7-11-19(21)26(30)32/h4-15H,3,16H2,1-2H3. The maximum absolute atomic E-state index is 13.3. The fourth-order valence-corrected chi connectivity index (χ4v) is 4.20. The molecule has 0 aliphatic heterocycles. The van der Waals surface area contributed by atoms with Crippen molar-refractivity contribution >= 4 is 45.7 Å². The molecule has 0 N–H and O–H groups in total. The van der Waals surface area contributed by atoms with Crippen LogP contribution in [0.25, 0.3) is 22.3 Å². The Morgan fingerprint density at radius 3 is 2.60 bits per heavy atom. The first kappa shape index (κ1) is 24.4. The Morgan fingerprint density at radius 1 is 1.11 bits per heavy atom. The van der Waals surface area contributed by atoms with Crippen LogP contribution < -0.4 is 15.0 Å². The van der Waals surface area contributed by atoms with Gasteiger partial charge in [0.15, 0.2) is 23.9 Å². The van der Waals surface area contributed by atoms with Gasteiger partial charge in [0.2, 0.25) is 0 Å². The molecule has 4 aromatic rings. The number of nitrogens with zero attached hydrogens (tertiary/aromatic N) is 3. The zero-order chi connectivity index (χ0) is 24.8. The van der Waals surface area contributed by atoms with Gasteiger partial charge in [-0.2, -0.15) is 9.78 Å². The minimum Gasteiger partial charge on any atom is -0.493 e. The van der Waals surface area contributed by atoms with E-state index in [4.69, 9.17) is 19.2 Å². The van der Waals surface area contributed by atoms with E-state index in [-0.39, 0.29) is 18.8 Å². The molecule has 9 heteroatoms. The SMILES string of the molecule is CCOC(=O)COc1c(I)cc(C=Nn2c(-c3ccccc3)nc3ccccc3c2=O)cc1OC. The molecule has 35 heavy (non-hydrogen) atoms. The smallest absolute Gasteiger partial charge is 0.344 e. The number of benzene rings is 3. The molecule has 0 saturated heterocycles. The van der Waals surface area contributed by atoms with E-state index >= 15 is 0 Å². The third kappa shape index (κ3) is 5.51. The maximum atomic E-state index is 13.3. The van der Waals surface area contributed by atoms with Gasteiger partial charge in [0.25, 0.3) is 5.56 Å². The van der Waals surface area contributed by atoms with E-state index in [0.29, 0.717) is 37.4 Å². The van der Waals surface area contributed by atoms with Crippen molar-refractivity contribution in [1.29, 1.82) is 0 Å². The van der Waals surface area contributed by atoms with Crippen molar-refractivity contribution in [2.75, 3.05) is 20.3 Å². The molecule has 0 aliphatic rings. The summed E-state index contributed by atoms with van der Waals surface area (Å²) in [5.41, 5.74) is 1.76. The summed E-state index contributed by atoms with van der Waals surface area (Å²) in [4.78, 5) is 29.7. The lowest BCUT2D eigenvalue weighted by molar-refractivity contribution is -0.145. The summed E-state index contributed by atoms with van der Waals surface area (Å²) < 4.78 is 18.0. The quantitative estimate of drug-likeness (QED) is 0.172. The summed E-state index contributed by atoms with van der Waals surface area (Å²) in [7, 11) is 1.51. The fraction of sp³-hybridized carbons (Fsp3) is 0.154. The largest absolute Gasteiger partial charge is 0.493 e. The summed E-state index contributed by atoms with van der Waals surface area (Å²) in [6, 6.07) is 20.1. The van der Waals surface area contributed by atoms with Gasteiger partial charge in [0, 0.05) is 5.56 Å². The van der Waals surface area contributed by atoms with Gasteiger partial charge in [0.05, 0.1) is 34.4 Å². The molecule has 0 atom stereocenters. The number of hydrogen-bond acceptors (Lipinski definition) is 7. The summed E-state index contributed by atoms with van der Waals surface area (Å²) >= 11 is 2.09. The summed E-state index contributed by atoms with van der Waals surface area (Å²) in [6.45, 7) is 1.78. The van der Waals surface area contributed by atoms with Crippen LogP contribution in [0.1, 0.15) is 12.5 Å². The maximum Gasteiger partial charge on any atom is 0.344 e. The van der Waals surface area contributed by atoms with Crippen molar-refractivity contribution in [1.82, 2.24) is 9.66 Å². The molecule has 178 valence electrons. The van der Waals surface area contributed by atoms with Crippen molar-refractivity contribution in [3.63, 3.8) is 0 Å². The molecule has 0 amide bonds. The molecular formula is C26H22IN3O5.